The molecule has 0 aliphatic carbocycles. The van der Waals surface area contributed by atoms with E-state index < -0.39 is 12.2 Å². The van der Waals surface area contributed by atoms with Gasteiger partial charge in [-0.2, -0.15) is 0 Å². The second-order valence-electron chi connectivity index (χ2n) is 5.20. The molecule has 0 radical (unpaired) electrons. The van der Waals surface area contributed by atoms with Gasteiger partial charge in [0, 0.05) is 13.1 Å². The number of rotatable bonds is 3. The van der Waals surface area contributed by atoms with Crippen LogP contribution in [0.3, 0.4) is 0 Å². The van der Waals surface area contributed by atoms with Crippen molar-refractivity contribution in [2.75, 3.05) is 26.3 Å². The van der Waals surface area contributed by atoms with Gasteiger partial charge < -0.3 is 24.8 Å². The van der Waals surface area contributed by atoms with Crippen molar-refractivity contribution < 1.29 is 24.2 Å². The Morgan fingerprint density at radius 2 is 2.20 bits per heavy atom. The van der Waals surface area contributed by atoms with E-state index in [0.29, 0.717) is 39.0 Å². The number of likely N-dealkylation sites (tertiary alicyclic amines) is 1. The highest BCUT2D eigenvalue weighted by Gasteiger charge is 2.43. The molecule has 0 aromatic carbocycles. The van der Waals surface area contributed by atoms with Crippen molar-refractivity contribution >= 4 is 12.2 Å². The van der Waals surface area contributed by atoms with Crippen LogP contribution in [-0.2, 0) is 9.47 Å². The molecule has 0 aromatic rings. The summed E-state index contributed by atoms with van der Waals surface area (Å²) in [7, 11) is 0. The molecule has 2 N–H and O–H groups in total. The summed E-state index contributed by atoms with van der Waals surface area (Å²) in [5.41, 5.74) is -0.303. The third-order valence-electron chi connectivity index (χ3n) is 3.81. The molecule has 1 atom stereocenters. The van der Waals surface area contributed by atoms with Crippen LogP contribution in [0, 0.1) is 0 Å². The molecule has 1 unspecified atom stereocenters. The molecule has 112 valence electrons. The summed E-state index contributed by atoms with van der Waals surface area (Å²) in [6.45, 7) is 5.04. The van der Waals surface area contributed by atoms with Crippen LogP contribution in [0.2, 0.25) is 0 Å². The summed E-state index contributed by atoms with van der Waals surface area (Å²) >= 11 is 0. The number of hydrogen-bond acceptors (Lipinski definition) is 4. The number of hydrogen-bond donors (Lipinski definition) is 2. The molecule has 2 rings (SSSR count). The molecule has 2 amide bonds. The number of piperidine rings is 1. The minimum Gasteiger partial charge on any atom is -0.465 e. The first-order valence-corrected chi connectivity index (χ1v) is 6.71. The van der Waals surface area contributed by atoms with Gasteiger partial charge in [-0.15, -0.1) is 0 Å². The van der Waals surface area contributed by atoms with E-state index in [0.717, 1.165) is 0 Å². The van der Waals surface area contributed by atoms with Crippen molar-refractivity contribution in [3.8, 4) is 0 Å². The summed E-state index contributed by atoms with van der Waals surface area (Å²) in [6.07, 6.45) is 2.18. The van der Waals surface area contributed by atoms with Gasteiger partial charge in [-0.05, 0) is 19.3 Å². The molecule has 2 aliphatic heterocycles. The SMILES string of the molecule is C=CCOC(=O)NC1COC2(CCN(C(=O)O)CC2)C1. The standard InChI is InChI=1S/C13H20N2O5/c1-2-7-19-11(16)14-10-8-13(20-9-10)3-5-15(6-4-13)12(17)18/h2,10H,1,3-9H2,(H,14,16)(H,17,18). The van der Waals surface area contributed by atoms with E-state index in [1.54, 1.807) is 0 Å². The van der Waals surface area contributed by atoms with Gasteiger partial charge in [0.05, 0.1) is 18.2 Å². The van der Waals surface area contributed by atoms with Gasteiger partial charge >= 0.3 is 12.2 Å². The maximum atomic E-state index is 11.4. The number of amides is 2. The highest BCUT2D eigenvalue weighted by atomic mass is 16.5. The van der Waals surface area contributed by atoms with E-state index >= 15 is 0 Å². The molecular formula is C13H20N2O5. The number of carbonyl (C=O) groups is 2. The van der Waals surface area contributed by atoms with Crippen LogP contribution in [0.1, 0.15) is 19.3 Å². The number of nitrogens with one attached hydrogen (secondary N) is 1. The molecule has 0 aromatic heterocycles. The van der Waals surface area contributed by atoms with E-state index in [2.05, 4.69) is 11.9 Å². The molecule has 2 heterocycles. The zero-order valence-corrected chi connectivity index (χ0v) is 11.3. The van der Waals surface area contributed by atoms with Gasteiger partial charge in [0.1, 0.15) is 6.61 Å². The lowest BCUT2D eigenvalue weighted by molar-refractivity contribution is -0.0395. The lowest BCUT2D eigenvalue weighted by Gasteiger charge is -2.37. The Labute approximate surface area is 117 Å². The van der Waals surface area contributed by atoms with Crippen molar-refractivity contribution in [1.82, 2.24) is 10.2 Å². The quantitative estimate of drug-likeness (QED) is 0.760. The third kappa shape index (κ3) is 3.41. The summed E-state index contributed by atoms with van der Waals surface area (Å²) in [6, 6.07) is -0.0799. The Bertz CT molecular complexity index is 390. The minimum atomic E-state index is -0.888. The maximum Gasteiger partial charge on any atom is 0.407 e. The molecule has 0 bridgehead atoms. The molecule has 0 saturated carbocycles. The summed E-state index contributed by atoms with van der Waals surface area (Å²) in [5, 5.41) is 11.7. The molecule has 2 fully saturated rings. The zero-order chi connectivity index (χ0) is 14.6. The van der Waals surface area contributed by atoms with Gasteiger partial charge in [-0.1, -0.05) is 12.7 Å². The fraction of sp³-hybridized carbons (Fsp3) is 0.692. The number of carbonyl (C=O) groups excluding carboxylic acids is 1. The Balaban J connectivity index is 1.79. The Hall–Kier alpha value is -1.76. The molecule has 1 spiro atoms. The molecular weight excluding hydrogens is 264 g/mol. The van der Waals surface area contributed by atoms with Gasteiger partial charge in [-0.3, -0.25) is 0 Å². The van der Waals surface area contributed by atoms with Crippen molar-refractivity contribution in [2.24, 2.45) is 0 Å². The fourth-order valence-corrected chi connectivity index (χ4v) is 2.73. The normalized spacial score (nSPS) is 24.4. The van der Waals surface area contributed by atoms with E-state index in [9.17, 15) is 9.59 Å². The lowest BCUT2D eigenvalue weighted by atomic mass is 9.87. The molecule has 2 saturated heterocycles. The first-order valence-electron chi connectivity index (χ1n) is 6.71. The summed E-state index contributed by atoms with van der Waals surface area (Å²) in [4.78, 5) is 23.7. The molecule has 2 aliphatic rings. The smallest absolute Gasteiger partial charge is 0.407 e. The monoisotopic (exact) mass is 284 g/mol. The Kier molecular flexibility index (Phi) is 4.49. The lowest BCUT2D eigenvalue weighted by Crippen LogP contribution is -2.46. The van der Waals surface area contributed by atoms with Gasteiger partial charge in [0.15, 0.2) is 0 Å². The van der Waals surface area contributed by atoms with Crippen molar-refractivity contribution in [1.29, 1.82) is 0 Å². The maximum absolute atomic E-state index is 11.4. The van der Waals surface area contributed by atoms with Crippen LogP contribution >= 0.6 is 0 Å². The molecule has 7 heteroatoms. The van der Waals surface area contributed by atoms with Crippen LogP contribution in [0.5, 0.6) is 0 Å². The number of alkyl carbamates (subject to hydrolysis) is 1. The van der Waals surface area contributed by atoms with Gasteiger partial charge in [-0.25, -0.2) is 9.59 Å². The Morgan fingerprint density at radius 3 is 2.80 bits per heavy atom. The van der Waals surface area contributed by atoms with E-state index in [4.69, 9.17) is 14.6 Å². The molecule has 20 heavy (non-hydrogen) atoms. The minimum absolute atomic E-state index is 0.0799. The number of nitrogens with zero attached hydrogens (tertiary/aromatic N) is 1. The fourth-order valence-electron chi connectivity index (χ4n) is 2.73. The van der Waals surface area contributed by atoms with Crippen molar-refractivity contribution in [3.63, 3.8) is 0 Å². The van der Waals surface area contributed by atoms with Crippen LogP contribution in [-0.4, -0.2) is 60.1 Å². The van der Waals surface area contributed by atoms with Gasteiger partial charge in [0.25, 0.3) is 0 Å². The predicted molar refractivity (Wildman–Crippen MR) is 70.6 cm³/mol. The largest absolute Gasteiger partial charge is 0.465 e. The van der Waals surface area contributed by atoms with E-state index in [-0.39, 0.29) is 18.2 Å². The van der Waals surface area contributed by atoms with E-state index in [1.807, 2.05) is 0 Å². The third-order valence-corrected chi connectivity index (χ3v) is 3.81. The average molecular weight is 284 g/mol. The van der Waals surface area contributed by atoms with E-state index in [1.165, 1.54) is 11.0 Å². The number of carboxylic acid groups (broad SMARTS) is 1. The highest BCUT2D eigenvalue weighted by Crippen LogP contribution is 2.35. The van der Waals surface area contributed by atoms with Crippen LogP contribution in [0.4, 0.5) is 9.59 Å². The highest BCUT2D eigenvalue weighted by molar-refractivity contribution is 5.67. The topological polar surface area (TPSA) is 88.1 Å². The van der Waals surface area contributed by atoms with Crippen LogP contribution < -0.4 is 5.32 Å². The second-order valence-corrected chi connectivity index (χ2v) is 5.20. The average Bonchev–Trinajstić information content (AvgIpc) is 2.79. The predicted octanol–water partition coefficient (Wildman–Crippen LogP) is 1.20. The first-order chi connectivity index (χ1) is 9.54. The summed E-state index contributed by atoms with van der Waals surface area (Å²) in [5.74, 6) is 0. The van der Waals surface area contributed by atoms with Crippen LogP contribution in [0.25, 0.3) is 0 Å². The summed E-state index contributed by atoms with van der Waals surface area (Å²) < 4.78 is 10.7. The first kappa shape index (κ1) is 14.6. The van der Waals surface area contributed by atoms with Crippen LogP contribution in [0.15, 0.2) is 12.7 Å². The van der Waals surface area contributed by atoms with Crippen molar-refractivity contribution in [2.45, 2.75) is 30.9 Å². The molecule has 7 nitrogen and oxygen atoms in total. The Morgan fingerprint density at radius 1 is 1.50 bits per heavy atom. The second kappa shape index (κ2) is 6.13. The van der Waals surface area contributed by atoms with Gasteiger partial charge in [0.2, 0.25) is 0 Å². The van der Waals surface area contributed by atoms with Crippen molar-refractivity contribution in [3.05, 3.63) is 12.7 Å². The number of ether oxygens (including phenoxy) is 2. The zero-order valence-electron chi connectivity index (χ0n) is 11.3.